The van der Waals surface area contributed by atoms with E-state index in [-0.39, 0.29) is 17.7 Å². The summed E-state index contributed by atoms with van der Waals surface area (Å²) >= 11 is 0. The van der Waals surface area contributed by atoms with Gasteiger partial charge in [0, 0.05) is 13.7 Å². The number of hydrogen-bond donors (Lipinski definition) is 1. The number of amides is 1. The molecule has 0 saturated carbocycles. The van der Waals surface area contributed by atoms with Gasteiger partial charge in [-0.1, -0.05) is 6.07 Å². The number of carbonyl (C=O) groups excluding carboxylic acids is 1. The molecule has 4 heteroatoms. The summed E-state index contributed by atoms with van der Waals surface area (Å²) in [7, 11) is 1.75. The maximum absolute atomic E-state index is 12.2. The summed E-state index contributed by atoms with van der Waals surface area (Å²) in [5, 5.41) is 9.77. The molecule has 1 atom stereocenters. The van der Waals surface area contributed by atoms with Crippen LogP contribution in [-0.4, -0.2) is 42.2 Å². The van der Waals surface area contributed by atoms with Crippen molar-refractivity contribution >= 4 is 5.91 Å². The summed E-state index contributed by atoms with van der Waals surface area (Å²) < 4.78 is 5.26. The Labute approximate surface area is 101 Å². The fourth-order valence-electron chi connectivity index (χ4n) is 2.01. The lowest BCUT2D eigenvalue weighted by Crippen LogP contribution is -2.37. The summed E-state index contributed by atoms with van der Waals surface area (Å²) in [4.78, 5) is 13.8. The van der Waals surface area contributed by atoms with Gasteiger partial charge in [0.1, 0.15) is 5.75 Å². The van der Waals surface area contributed by atoms with Crippen LogP contribution in [0, 0.1) is 6.92 Å². The number of nitrogens with zero attached hydrogens (tertiary/aromatic N) is 1. The third kappa shape index (κ3) is 2.42. The number of aryl methyl sites for hydroxylation is 1. The fourth-order valence-corrected chi connectivity index (χ4v) is 2.01. The standard InChI is InChI=1S/C13H17NO3/c1-9-3-4-11(12(15)7-9)13(16)14(2)10-5-6-17-8-10/h3-4,7,10,15H,5-6,8H2,1-2H3. The van der Waals surface area contributed by atoms with E-state index in [0.717, 1.165) is 12.0 Å². The lowest BCUT2D eigenvalue weighted by molar-refractivity contribution is 0.0708. The number of phenolic OH excluding ortho intramolecular Hbond substituents is 1. The molecule has 1 amide bonds. The lowest BCUT2D eigenvalue weighted by Gasteiger charge is -2.23. The maximum atomic E-state index is 12.2. The van der Waals surface area contributed by atoms with Crippen LogP contribution in [0.3, 0.4) is 0 Å². The highest BCUT2D eigenvalue weighted by Gasteiger charge is 2.26. The normalized spacial score (nSPS) is 19.3. The average molecular weight is 235 g/mol. The van der Waals surface area contributed by atoms with Gasteiger partial charge in [-0.25, -0.2) is 0 Å². The van der Waals surface area contributed by atoms with Crippen LogP contribution >= 0.6 is 0 Å². The van der Waals surface area contributed by atoms with Gasteiger partial charge in [-0.2, -0.15) is 0 Å². The summed E-state index contributed by atoms with van der Waals surface area (Å²) in [6.07, 6.45) is 0.856. The number of phenols is 1. The van der Waals surface area contributed by atoms with E-state index in [1.807, 2.05) is 13.0 Å². The Bertz CT molecular complexity index is 425. The Kier molecular flexibility index (Phi) is 3.33. The first kappa shape index (κ1) is 11.9. The molecule has 0 aliphatic carbocycles. The number of aromatic hydroxyl groups is 1. The number of ether oxygens (including phenoxy) is 1. The number of hydrogen-bond acceptors (Lipinski definition) is 3. The smallest absolute Gasteiger partial charge is 0.257 e. The number of rotatable bonds is 2. The monoisotopic (exact) mass is 235 g/mol. The Morgan fingerprint density at radius 2 is 2.29 bits per heavy atom. The molecule has 0 aromatic heterocycles. The van der Waals surface area contributed by atoms with Crippen LogP contribution < -0.4 is 0 Å². The predicted octanol–water partition coefficient (Wildman–Crippen LogP) is 1.56. The molecule has 1 unspecified atom stereocenters. The van der Waals surface area contributed by atoms with Gasteiger partial charge < -0.3 is 14.7 Å². The van der Waals surface area contributed by atoms with Crippen LogP contribution in [0.2, 0.25) is 0 Å². The van der Waals surface area contributed by atoms with E-state index in [2.05, 4.69) is 0 Å². The Balaban J connectivity index is 2.18. The van der Waals surface area contributed by atoms with Gasteiger partial charge in [0.05, 0.1) is 18.2 Å². The molecule has 1 saturated heterocycles. The minimum absolute atomic E-state index is 0.0424. The van der Waals surface area contributed by atoms with Crippen molar-refractivity contribution in [1.29, 1.82) is 0 Å². The second-order valence-electron chi connectivity index (χ2n) is 4.45. The molecule has 1 aromatic rings. The summed E-state index contributed by atoms with van der Waals surface area (Å²) in [6, 6.07) is 5.21. The van der Waals surface area contributed by atoms with Crippen molar-refractivity contribution in [1.82, 2.24) is 4.90 Å². The highest BCUT2D eigenvalue weighted by Crippen LogP contribution is 2.22. The zero-order valence-corrected chi connectivity index (χ0v) is 10.1. The molecule has 1 N–H and O–H groups in total. The van der Waals surface area contributed by atoms with Gasteiger partial charge in [-0.15, -0.1) is 0 Å². The van der Waals surface area contributed by atoms with Gasteiger partial charge in [0.25, 0.3) is 5.91 Å². The van der Waals surface area contributed by atoms with Crippen molar-refractivity contribution in [2.45, 2.75) is 19.4 Å². The summed E-state index contributed by atoms with van der Waals surface area (Å²) in [5.74, 6) is -0.112. The Morgan fingerprint density at radius 3 is 2.88 bits per heavy atom. The van der Waals surface area contributed by atoms with E-state index < -0.39 is 0 Å². The zero-order valence-electron chi connectivity index (χ0n) is 10.1. The first-order valence-corrected chi connectivity index (χ1v) is 5.74. The molecule has 0 spiro atoms. The summed E-state index contributed by atoms with van der Waals surface area (Å²) in [6.45, 7) is 3.15. The van der Waals surface area contributed by atoms with E-state index in [9.17, 15) is 9.90 Å². The van der Waals surface area contributed by atoms with E-state index >= 15 is 0 Å². The van der Waals surface area contributed by atoms with E-state index in [1.165, 1.54) is 0 Å². The molecule has 1 aromatic carbocycles. The predicted molar refractivity (Wildman–Crippen MR) is 64.2 cm³/mol. The van der Waals surface area contributed by atoms with Gasteiger partial charge in [-0.3, -0.25) is 4.79 Å². The molecule has 1 heterocycles. The second-order valence-corrected chi connectivity index (χ2v) is 4.45. The van der Waals surface area contributed by atoms with Gasteiger partial charge in [0.2, 0.25) is 0 Å². The van der Waals surface area contributed by atoms with Crippen molar-refractivity contribution in [3.05, 3.63) is 29.3 Å². The van der Waals surface area contributed by atoms with Crippen LogP contribution in [0.25, 0.3) is 0 Å². The molecule has 0 radical (unpaired) electrons. The first-order chi connectivity index (χ1) is 8.09. The number of carbonyl (C=O) groups is 1. The van der Waals surface area contributed by atoms with Gasteiger partial charge in [0.15, 0.2) is 0 Å². The number of likely N-dealkylation sites (N-methyl/N-ethyl adjacent to an activating group) is 1. The number of benzene rings is 1. The quantitative estimate of drug-likeness (QED) is 0.846. The fraction of sp³-hybridized carbons (Fsp3) is 0.462. The van der Waals surface area contributed by atoms with Crippen LogP contribution in [0.5, 0.6) is 5.75 Å². The SMILES string of the molecule is Cc1ccc(C(=O)N(C)C2CCOC2)c(O)c1. The van der Waals surface area contributed by atoms with Crippen LogP contribution in [-0.2, 0) is 4.74 Å². The van der Waals surface area contributed by atoms with Crippen LogP contribution in [0.15, 0.2) is 18.2 Å². The third-order valence-corrected chi connectivity index (χ3v) is 3.16. The molecular formula is C13H17NO3. The van der Waals surface area contributed by atoms with Crippen LogP contribution in [0.4, 0.5) is 0 Å². The Hall–Kier alpha value is -1.55. The molecule has 1 fully saturated rings. The van der Waals surface area contributed by atoms with E-state index in [4.69, 9.17) is 4.74 Å². The third-order valence-electron chi connectivity index (χ3n) is 3.16. The Morgan fingerprint density at radius 1 is 1.53 bits per heavy atom. The minimum atomic E-state index is -0.155. The average Bonchev–Trinajstić information content (AvgIpc) is 2.80. The molecular weight excluding hydrogens is 218 g/mol. The molecule has 4 nitrogen and oxygen atoms in total. The highest BCUT2D eigenvalue weighted by atomic mass is 16.5. The molecule has 1 aliphatic rings. The maximum Gasteiger partial charge on any atom is 0.257 e. The molecule has 2 rings (SSSR count). The van der Waals surface area contributed by atoms with E-state index in [0.29, 0.717) is 18.8 Å². The minimum Gasteiger partial charge on any atom is -0.507 e. The van der Waals surface area contributed by atoms with Crippen molar-refractivity contribution < 1.29 is 14.6 Å². The van der Waals surface area contributed by atoms with Crippen molar-refractivity contribution in [2.75, 3.05) is 20.3 Å². The highest BCUT2D eigenvalue weighted by molar-refractivity contribution is 5.97. The molecule has 0 bridgehead atoms. The van der Waals surface area contributed by atoms with Crippen LogP contribution in [0.1, 0.15) is 22.3 Å². The lowest BCUT2D eigenvalue weighted by atomic mass is 10.1. The van der Waals surface area contributed by atoms with Crippen molar-refractivity contribution in [2.24, 2.45) is 0 Å². The summed E-state index contributed by atoms with van der Waals surface area (Å²) in [5.41, 5.74) is 1.29. The molecule has 17 heavy (non-hydrogen) atoms. The molecule has 1 aliphatic heterocycles. The topological polar surface area (TPSA) is 49.8 Å². The van der Waals surface area contributed by atoms with E-state index in [1.54, 1.807) is 24.1 Å². The van der Waals surface area contributed by atoms with Crippen molar-refractivity contribution in [3.63, 3.8) is 0 Å². The van der Waals surface area contributed by atoms with Gasteiger partial charge in [-0.05, 0) is 31.0 Å². The van der Waals surface area contributed by atoms with Gasteiger partial charge >= 0.3 is 0 Å². The first-order valence-electron chi connectivity index (χ1n) is 5.74. The largest absolute Gasteiger partial charge is 0.507 e. The second kappa shape index (κ2) is 4.75. The molecule has 92 valence electrons. The van der Waals surface area contributed by atoms with Crippen molar-refractivity contribution in [3.8, 4) is 5.75 Å². The zero-order chi connectivity index (χ0) is 12.4.